The van der Waals surface area contributed by atoms with Crippen LogP contribution in [-0.4, -0.2) is 43.0 Å². The average Bonchev–Trinajstić information content (AvgIpc) is 2.34. The van der Waals surface area contributed by atoms with Gasteiger partial charge >= 0.3 is 0 Å². The first-order valence-electron chi connectivity index (χ1n) is 7.35. The van der Waals surface area contributed by atoms with Gasteiger partial charge in [-0.25, -0.2) is 0 Å². The molecule has 0 aliphatic carbocycles. The van der Waals surface area contributed by atoms with Crippen LogP contribution in [0.4, 0.5) is 0 Å². The second-order valence-corrected chi connectivity index (χ2v) is 5.78. The molecule has 4 nitrogen and oxygen atoms in total. The van der Waals surface area contributed by atoms with Crippen molar-refractivity contribution < 1.29 is 4.79 Å². The first-order valence-corrected chi connectivity index (χ1v) is 7.35. The third kappa shape index (κ3) is 6.36. The molecule has 0 bridgehead atoms. The highest BCUT2D eigenvalue weighted by Gasteiger charge is 2.14. The second kappa shape index (κ2) is 8.48. The maximum Gasteiger partial charge on any atom is 0.236 e. The van der Waals surface area contributed by atoms with Crippen molar-refractivity contribution in [1.82, 2.24) is 10.2 Å². The van der Waals surface area contributed by atoms with E-state index in [9.17, 15) is 4.79 Å². The lowest BCUT2D eigenvalue weighted by atomic mass is 10.0. The third-order valence-corrected chi connectivity index (χ3v) is 3.46. The molecule has 1 aliphatic heterocycles. The Morgan fingerprint density at radius 2 is 1.94 bits per heavy atom. The lowest BCUT2D eigenvalue weighted by molar-refractivity contribution is -0.122. The van der Waals surface area contributed by atoms with Gasteiger partial charge < -0.3 is 16.0 Å². The first-order chi connectivity index (χ1) is 8.59. The molecule has 1 saturated heterocycles. The van der Waals surface area contributed by atoms with Crippen LogP contribution in [0.1, 0.15) is 46.0 Å². The molecular formula is C14H29N3O. The number of rotatable bonds is 7. The van der Waals surface area contributed by atoms with Crippen molar-refractivity contribution in [2.45, 2.75) is 52.0 Å². The van der Waals surface area contributed by atoms with Gasteiger partial charge in [-0.05, 0) is 51.2 Å². The first kappa shape index (κ1) is 15.4. The average molecular weight is 255 g/mol. The van der Waals surface area contributed by atoms with Crippen molar-refractivity contribution in [3.8, 4) is 0 Å². The Morgan fingerprint density at radius 1 is 1.28 bits per heavy atom. The highest BCUT2D eigenvalue weighted by atomic mass is 16.2. The van der Waals surface area contributed by atoms with Crippen LogP contribution < -0.4 is 11.1 Å². The standard InChI is InChI=1S/C14H29N3O/c1-12(2)11-13(15)14(18)16-7-6-10-17-8-4-3-5-9-17/h12-13H,3-11,15H2,1-2H3,(H,16,18). The fourth-order valence-corrected chi connectivity index (χ4v) is 2.44. The molecule has 1 heterocycles. The van der Waals surface area contributed by atoms with Gasteiger partial charge in [0.15, 0.2) is 0 Å². The maximum atomic E-state index is 11.7. The molecule has 1 aliphatic rings. The van der Waals surface area contributed by atoms with E-state index >= 15 is 0 Å². The van der Waals surface area contributed by atoms with Gasteiger partial charge in [0.2, 0.25) is 5.91 Å². The van der Waals surface area contributed by atoms with Crippen molar-refractivity contribution >= 4 is 5.91 Å². The molecule has 1 atom stereocenters. The van der Waals surface area contributed by atoms with E-state index in [-0.39, 0.29) is 11.9 Å². The maximum absolute atomic E-state index is 11.7. The lowest BCUT2D eigenvalue weighted by Gasteiger charge is -2.26. The van der Waals surface area contributed by atoms with E-state index in [1.807, 2.05) is 0 Å². The van der Waals surface area contributed by atoms with Gasteiger partial charge in [0, 0.05) is 6.54 Å². The molecule has 0 saturated carbocycles. The Morgan fingerprint density at radius 3 is 2.56 bits per heavy atom. The number of hydrogen-bond donors (Lipinski definition) is 2. The molecule has 4 heteroatoms. The Balaban J connectivity index is 2.04. The molecule has 106 valence electrons. The zero-order valence-electron chi connectivity index (χ0n) is 12.0. The lowest BCUT2D eigenvalue weighted by Crippen LogP contribution is -2.42. The smallest absolute Gasteiger partial charge is 0.236 e. The fraction of sp³-hybridized carbons (Fsp3) is 0.929. The predicted octanol–water partition coefficient (Wildman–Crippen LogP) is 1.35. The largest absolute Gasteiger partial charge is 0.355 e. The highest BCUT2D eigenvalue weighted by Crippen LogP contribution is 2.08. The van der Waals surface area contributed by atoms with Crippen molar-refractivity contribution in [2.75, 3.05) is 26.2 Å². The Hall–Kier alpha value is -0.610. The third-order valence-electron chi connectivity index (χ3n) is 3.46. The van der Waals surface area contributed by atoms with Crippen LogP contribution in [0.2, 0.25) is 0 Å². The summed E-state index contributed by atoms with van der Waals surface area (Å²) in [7, 11) is 0. The zero-order chi connectivity index (χ0) is 13.4. The summed E-state index contributed by atoms with van der Waals surface area (Å²) in [6, 6.07) is -0.347. The van der Waals surface area contributed by atoms with Gasteiger partial charge in [-0.1, -0.05) is 20.3 Å². The van der Waals surface area contributed by atoms with Gasteiger partial charge in [0.05, 0.1) is 6.04 Å². The molecule has 1 fully saturated rings. The van der Waals surface area contributed by atoms with Crippen molar-refractivity contribution in [3.63, 3.8) is 0 Å². The number of nitrogens with two attached hydrogens (primary N) is 1. The molecule has 3 N–H and O–H groups in total. The molecule has 1 unspecified atom stereocenters. The molecule has 0 aromatic rings. The van der Waals surface area contributed by atoms with Crippen molar-refractivity contribution in [1.29, 1.82) is 0 Å². The van der Waals surface area contributed by atoms with Crippen LogP contribution >= 0.6 is 0 Å². The van der Waals surface area contributed by atoms with Crippen LogP contribution in [0.3, 0.4) is 0 Å². The number of nitrogens with one attached hydrogen (secondary N) is 1. The SMILES string of the molecule is CC(C)CC(N)C(=O)NCCCN1CCCCC1. The molecule has 0 spiro atoms. The van der Waals surface area contributed by atoms with Gasteiger partial charge in [-0.2, -0.15) is 0 Å². The second-order valence-electron chi connectivity index (χ2n) is 5.78. The van der Waals surface area contributed by atoms with E-state index in [2.05, 4.69) is 24.1 Å². The predicted molar refractivity (Wildman–Crippen MR) is 75.3 cm³/mol. The zero-order valence-corrected chi connectivity index (χ0v) is 12.0. The van der Waals surface area contributed by atoms with Crippen LogP contribution in [0.5, 0.6) is 0 Å². The van der Waals surface area contributed by atoms with Crippen LogP contribution in [0.15, 0.2) is 0 Å². The monoisotopic (exact) mass is 255 g/mol. The molecule has 0 aromatic carbocycles. The van der Waals surface area contributed by atoms with Crippen LogP contribution in [-0.2, 0) is 4.79 Å². The summed E-state index contributed by atoms with van der Waals surface area (Å²) < 4.78 is 0. The number of likely N-dealkylation sites (tertiary alicyclic amines) is 1. The van der Waals surface area contributed by atoms with E-state index in [4.69, 9.17) is 5.73 Å². The topological polar surface area (TPSA) is 58.4 Å². The number of amides is 1. The minimum Gasteiger partial charge on any atom is -0.355 e. The molecule has 0 aromatic heterocycles. The molecule has 18 heavy (non-hydrogen) atoms. The van der Waals surface area contributed by atoms with Gasteiger partial charge in [0.1, 0.15) is 0 Å². The molecule has 0 radical (unpaired) electrons. The summed E-state index contributed by atoms with van der Waals surface area (Å²) in [6.45, 7) is 8.47. The minimum atomic E-state index is -0.347. The van der Waals surface area contributed by atoms with E-state index < -0.39 is 0 Å². The summed E-state index contributed by atoms with van der Waals surface area (Å²) in [4.78, 5) is 14.2. The molecular weight excluding hydrogens is 226 g/mol. The number of nitrogens with zero attached hydrogens (tertiary/aromatic N) is 1. The van der Waals surface area contributed by atoms with E-state index in [0.29, 0.717) is 5.92 Å². The summed E-state index contributed by atoms with van der Waals surface area (Å²) in [5, 5.41) is 2.94. The number of carbonyl (C=O) groups excluding carboxylic acids is 1. The quantitative estimate of drug-likeness (QED) is 0.675. The van der Waals surface area contributed by atoms with Crippen LogP contribution in [0.25, 0.3) is 0 Å². The van der Waals surface area contributed by atoms with Gasteiger partial charge in [-0.3, -0.25) is 4.79 Å². The normalized spacial score (nSPS) is 18.9. The summed E-state index contributed by atoms with van der Waals surface area (Å²) in [6.07, 6.45) is 5.81. The van der Waals surface area contributed by atoms with Crippen molar-refractivity contribution in [3.05, 3.63) is 0 Å². The number of piperidine rings is 1. The number of hydrogen-bond acceptors (Lipinski definition) is 3. The van der Waals surface area contributed by atoms with E-state index in [1.165, 1.54) is 32.4 Å². The Bertz CT molecular complexity index is 237. The summed E-state index contributed by atoms with van der Waals surface area (Å²) in [5.41, 5.74) is 5.82. The summed E-state index contributed by atoms with van der Waals surface area (Å²) in [5.74, 6) is 0.474. The van der Waals surface area contributed by atoms with E-state index in [1.54, 1.807) is 0 Å². The van der Waals surface area contributed by atoms with Gasteiger partial charge in [0.25, 0.3) is 0 Å². The number of carbonyl (C=O) groups is 1. The van der Waals surface area contributed by atoms with Crippen molar-refractivity contribution in [2.24, 2.45) is 11.7 Å². The van der Waals surface area contributed by atoms with Crippen LogP contribution in [0, 0.1) is 5.92 Å². The Labute approximate surface area is 111 Å². The molecule has 1 amide bonds. The van der Waals surface area contributed by atoms with E-state index in [0.717, 1.165) is 25.9 Å². The summed E-state index contributed by atoms with van der Waals surface area (Å²) >= 11 is 0. The highest BCUT2D eigenvalue weighted by molar-refractivity contribution is 5.81. The minimum absolute atomic E-state index is 0.00217. The Kier molecular flexibility index (Phi) is 7.28. The van der Waals surface area contributed by atoms with Gasteiger partial charge in [-0.15, -0.1) is 0 Å². The molecule has 1 rings (SSSR count). The fourth-order valence-electron chi connectivity index (χ4n) is 2.44.